The van der Waals surface area contributed by atoms with Crippen LogP contribution in [0.1, 0.15) is 20.7 Å². The fourth-order valence-electron chi connectivity index (χ4n) is 2.25. The average molecular weight is 343 g/mol. The largest absolute Gasteiger partial charge is 0.465 e. The second-order valence-corrected chi connectivity index (χ2v) is 5.38. The molecule has 0 fully saturated rings. The third-order valence-corrected chi connectivity index (χ3v) is 3.45. The first-order valence-corrected chi connectivity index (χ1v) is 7.29. The normalized spacial score (nSPS) is 10.0. The predicted molar refractivity (Wildman–Crippen MR) is 93.2 cm³/mol. The number of esters is 1. The van der Waals surface area contributed by atoms with E-state index in [1.165, 1.54) is 6.07 Å². The number of non-ortho nitro benzene ring substituents is 1. The van der Waals surface area contributed by atoms with Gasteiger partial charge in [-0.2, -0.15) is 0 Å². The summed E-state index contributed by atoms with van der Waals surface area (Å²) in [6.45, 7) is 0. The van der Waals surface area contributed by atoms with E-state index in [1.54, 1.807) is 12.1 Å². The predicted octanol–water partition coefficient (Wildman–Crippen LogP) is 2.70. The zero-order chi connectivity index (χ0) is 18.6. The van der Waals surface area contributed by atoms with Crippen molar-refractivity contribution in [3.05, 3.63) is 63.7 Å². The SMILES string of the molecule is COC(=O)c1cc(C(=O)Nc2ccccc2N(C)C)cc([N+](=O)[O-])c1. The molecule has 0 bridgehead atoms. The first kappa shape index (κ1) is 17.9. The minimum Gasteiger partial charge on any atom is -0.465 e. The Bertz CT molecular complexity index is 833. The van der Waals surface area contributed by atoms with Crippen LogP contribution in [0, 0.1) is 10.1 Å². The quantitative estimate of drug-likeness (QED) is 0.509. The topological polar surface area (TPSA) is 102 Å². The summed E-state index contributed by atoms with van der Waals surface area (Å²) in [7, 11) is 4.82. The number of rotatable bonds is 5. The maximum absolute atomic E-state index is 12.5. The van der Waals surface area contributed by atoms with E-state index in [2.05, 4.69) is 10.1 Å². The number of nitrogens with one attached hydrogen (secondary N) is 1. The Labute approximate surface area is 144 Å². The fraction of sp³-hybridized carbons (Fsp3) is 0.176. The van der Waals surface area contributed by atoms with E-state index in [0.717, 1.165) is 24.9 Å². The number of ether oxygens (including phenoxy) is 1. The summed E-state index contributed by atoms with van der Waals surface area (Å²) < 4.78 is 4.57. The number of carbonyl (C=O) groups is 2. The molecule has 2 aromatic carbocycles. The molecule has 0 aliphatic heterocycles. The van der Waals surface area contributed by atoms with Crippen molar-refractivity contribution in [2.45, 2.75) is 0 Å². The molecule has 2 rings (SSSR count). The summed E-state index contributed by atoms with van der Waals surface area (Å²) >= 11 is 0. The minimum absolute atomic E-state index is 0.0110. The van der Waals surface area contributed by atoms with Crippen molar-refractivity contribution in [3.8, 4) is 0 Å². The summed E-state index contributed by atoms with van der Waals surface area (Å²) in [4.78, 5) is 36.4. The van der Waals surface area contributed by atoms with Crippen molar-refractivity contribution in [2.24, 2.45) is 0 Å². The zero-order valence-corrected chi connectivity index (χ0v) is 14.0. The molecule has 2 aromatic rings. The van der Waals surface area contributed by atoms with Gasteiger partial charge in [-0.3, -0.25) is 14.9 Å². The molecular weight excluding hydrogens is 326 g/mol. The monoisotopic (exact) mass is 343 g/mol. The van der Waals surface area contributed by atoms with Crippen molar-refractivity contribution in [1.29, 1.82) is 0 Å². The first-order valence-electron chi connectivity index (χ1n) is 7.29. The van der Waals surface area contributed by atoms with Crippen LogP contribution in [0.2, 0.25) is 0 Å². The Balaban J connectivity index is 2.41. The highest BCUT2D eigenvalue weighted by atomic mass is 16.6. The van der Waals surface area contributed by atoms with E-state index in [0.29, 0.717) is 5.69 Å². The average Bonchev–Trinajstić information content (AvgIpc) is 2.60. The fourth-order valence-corrected chi connectivity index (χ4v) is 2.25. The Morgan fingerprint density at radius 2 is 1.76 bits per heavy atom. The molecule has 0 heterocycles. The number of hydrogen-bond donors (Lipinski definition) is 1. The van der Waals surface area contributed by atoms with E-state index >= 15 is 0 Å². The summed E-state index contributed by atoms with van der Waals surface area (Å²) in [6.07, 6.45) is 0. The van der Waals surface area contributed by atoms with Crippen LogP contribution in [0.25, 0.3) is 0 Å². The molecule has 0 spiro atoms. The lowest BCUT2D eigenvalue weighted by Crippen LogP contribution is -2.17. The molecule has 0 aliphatic rings. The van der Waals surface area contributed by atoms with Crippen LogP contribution in [0.15, 0.2) is 42.5 Å². The Morgan fingerprint density at radius 1 is 1.12 bits per heavy atom. The number of methoxy groups -OCH3 is 1. The lowest BCUT2D eigenvalue weighted by atomic mass is 10.1. The summed E-state index contributed by atoms with van der Waals surface area (Å²) in [5.41, 5.74) is 0.873. The van der Waals surface area contributed by atoms with Crippen molar-refractivity contribution in [2.75, 3.05) is 31.4 Å². The van der Waals surface area contributed by atoms with Gasteiger partial charge in [0.1, 0.15) is 0 Å². The van der Waals surface area contributed by atoms with Crippen LogP contribution in [-0.2, 0) is 4.74 Å². The molecule has 0 saturated carbocycles. The highest BCUT2D eigenvalue weighted by molar-refractivity contribution is 6.07. The molecule has 0 unspecified atom stereocenters. The van der Waals surface area contributed by atoms with E-state index < -0.39 is 16.8 Å². The second-order valence-electron chi connectivity index (χ2n) is 5.38. The molecule has 1 N–H and O–H groups in total. The molecule has 0 aliphatic carbocycles. The Morgan fingerprint density at radius 3 is 2.36 bits per heavy atom. The molecular formula is C17H17N3O5. The van der Waals surface area contributed by atoms with Gasteiger partial charge < -0.3 is 15.0 Å². The van der Waals surface area contributed by atoms with E-state index in [9.17, 15) is 19.7 Å². The number of benzene rings is 2. The lowest BCUT2D eigenvalue weighted by molar-refractivity contribution is -0.384. The van der Waals surface area contributed by atoms with E-state index in [4.69, 9.17) is 0 Å². The second kappa shape index (κ2) is 7.43. The standard InChI is InChI=1S/C17H17N3O5/c1-19(2)15-7-5-4-6-14(15)18-16(21)11-8-12(17(22)25-3)10-13(9-11)20(23)24/h4-10H,1-3H3,(H,18,21). The number of nitro benzene ring substituents is 1. The van der Waals surface area contributed by atoms with Crippen molar-refractivity contribution in [3.63, 3.8) is 0 Å². The zero-order valence-electron chi connectivity index (χ0n) is 14.0. The Kier molecular flexibility index (Phi) is 5.33. The number of nitrogens with zero attached hydrogens (tertiary/aromatic N) is 2. The van der Waals surface area contributed by atoms with Gasteiger partial charge in [0.15, 0.2) is 0 Å². The number of amides is 1. The van der Waals surface area contributed by atoms with Gasteiger partial charge in [-0.25, -0.2) is 4.79 Å². The Hall–Kier alpha value is -3.42. The van der Waals surface area contributed by atoms with Gasteiger partial charge in [0.05, 0.1) is 29.0 Å². The summed E-state index contributed by atoms with van der Waals surface area (Å²) in [5, 5.41) is 13.8. The highest BCUT2D eigenvalue weighted by Gasteiger charge is 2.19. The van der Waals surface area contributed by atoms with Crippen LogP contribution in [0.3, 0.4) is 0 Å². The maximum Gasteiger partial charge on any atom is 0.338 e. The molecule has 8 heteroatoms. The van der Waals surface area contributed by atoms with Crippen LogP contribution in [-0.4, -0.2) is 38.0 Å². The molecule has 0 saturated heterocycles. The van der Waals surface area contributed by atoms with Gasteiger partial charge in [0, 0.05) is 31.8 Å². The lowest BCUT2D eigenvalue weighted by Gasteiger charge is -2.17. The molecule has 8 nitrogen and oxygen atoms in total. The van der Waals surface area contributed by atoms with Crippen LogP contribution in [0.5, 0.6) is 0 Å². The van der Waals surface area contributed by atoms with Crippen LogP contribution in [0.4, 0.5) is 17.1 Å². The minimum atomic E-state index is -0.758. The van der Waals surface area contributed by atoms with E-state index in [1.807, 2.05) is 31.1 Å². The molecule has 130 valence electrons. The smallest absolute Gasteiger partial charge is 0.338 e. The third kappa shape index (κ3) is 4.11. The van der Waals surface area contributed by atoms with Crippen molar-refractivity contribution < 1.29 is 19.2 Å². The van der Waals surface area contributed by atoms with E-state index in [-0.39, 0.29) is 16.8 Å². The van der Waals surface area contributed by atoms with Crippen molar-refractivity contribution in [1.82, 2.24) is 0 Å². The van der Waals surface area contributed by atoms with Gasteiger partial charge in [0.2, 0.25) is 0 Å². The number of hydrogen-bond acceptors (Lipinski definition) is 6. The first-order chi connectivity index (χ1) is 11.8. The summed E-state index contributed by atoms with van der Waals surface area (Å²) in [6, 6.07) is 10.6. The molecule has 25 heavy (non-hydrogen) atoms. The van der Waals surface area contributed by atoms with Gasteiger partial charge in [-0.15, -0.1) is 0 Å². The van der Waals surface area contributed by atoms with Gasteiger partial charge >= 0.3 is 5.97 Å². The third-order valence-electron chi connectivity index (χ3n) is 3.45. The van der Waals surface area contributed by atoms with Gasteiger partial charge in [0.25, 0.3) is 11.6 Å². The number of para-hydroxylation sites is 2. The van der Waals surface area contributed by atoms with Crippen LogP contribution < -0.4 is 10.2 Å². The highest BCUT2D eigenvalue weighted by Crippen LogP contribution is 2.25. The van der Waals surface area contributed by atoms with Gasteiger partial charge in [-0.05, 0) is 18.2 Å². The number of carbonyl (C=O) groups excluding carboxylic acids is 2. The number of nitro groups is 1. The maximum atomic E-state index is 12.5. The molecule has 0 aromatic heterocycles. The summed E-state index contributed by atoms with van der Waals surface area (Å²) in [5.74, 6) is -1.32. The number of anilines is 2. The van der Waals surface area contributed by atoms with Gasteiger partial charge in [-0.1, -0.05) is 12.1 Å². The van der Waals surface area contributed by atoms with Crippen LogP contribution >= 0.6 is 0 Å². The molecule has 0 atom stereocenters. The van der Waals surface area contributed by atoms with Crippen molar-refractivity contribution >= 4 is 28.9 Å². The molecule has 1 amide bonds. The molecule has 0 radical (unpaired) electrons.